The number of carbonyl (C=O) groups excluding carboxylic acids is 2. The number of benzene rings is 2. The van der Waals surface area contributed by atoms with E-state index in [0.717, 1.165) is 18.2 Å². The lowest BCUT2D eigenvalue weighted by Gasteiger charge is -2.12. The van der Waals surface area contributed by atoms with Crippen LogP contribution in [0.1, 0.15) is 6.42 Å². The van der Waals surface area contributed by atoms with Gasteiger partial charge in [0.1, 0.15) is 23.1 Å². The SMILES string of the molecule is C=C(CCNC(=O)COc1ccc(Cl)c(F)c1)NC(=O)COc1cccc(OC(F)(F)F)c1. The topological polar surface area (TPSA) is 85.9 Å². The summed E-state index contributed by atoms with van der Waals surface area (Å²) in [7, 11) is 0. The average Bonchev–Trinajstić information content (AvgIpc) is 2.72. The maximum Gasteiger partial charge on any atom is 0.573 e. The molecule has 0 aromatic heterocycles. The lowest BCUT2D eigenvalue weighted by atomic mass is 10.3. The fourth-order valence-electron chi connectivity index (χ4n) is 2.33. The molecule has 0 heterocycles. The molecule has 0 saturated heterocycles. The molecule has 0 aliphatic rings. The van der Waals surface area contributed by atoms with Crippen LogP contribution in [-0.2, 0) is 9.59 Å². The van der Waals surface area contributed by atoms with Crippen LogP contribution in [0, 0.1) is 5.82 Å². The lowest BCUT2D eigenvalue weighted by Crippen LogP contribution is -2.32. The Kier molecular flexibility index (Phi) is 9.34. The van der Waals surface area contributed by atoms with Gasteiger partial charge in [-0.1, -0.05) is 24.2 Å². The molecule has 7 nitrogen and oxygen atoms in total. The van der Waals surface area contributed by atoms with Crippen molar-refractivity contribution in [3.63, 3.8) is 0 Å². The summed E-state index contributed by atoms with van der Waals surface area (Å²) in [4.78, 5) is 23.7. The Labute approximate surface area is 191 Å². The molecular formula is C21H19ClF4N2O5. The third kappa shape index (κ3) is 10.1. The highest BCUT2D eigenvalue weighted by atomic mass is 35.5. The Bertz CT molecular complexity index is 1000. The summed E-state index contributed by atoms with van der Waals surface area (Å²) >= 11 is 5.56. The van der Waals surface area contributed by atoms with E-state index in [1.54, 1.807) is 0 Å². The van der Waals surface area contributed by atoms with Crippen LogP contribution in [0.3, 0.4) is 0 Å². The average molecular weight is 491 g/mol. The molecule has 0 aliphatic heterocycles. The van der Waals surface area contributed by atoms with Crippen LogP contribution in [0.25, 0.3) is 0 Å². The Morgan fingerprint density at radius 1 is 0.970 bits per heavy atom. The van der Waals surface area contributed by atoms with Crippen molar-refractivity contribution in [2.75, 3.05) is 19.8 Å². The first-order chi connectivity index (χ1) is 15.5. The van der Waals surface area contributed by atoms with Gasteiger partial charge in [-0.3, -0.25) is 9.59 Å². The van der Waals surface area contributed by atoms with Crippen LogP contribution >= 0.6 is 11.6 Å². The van der Waals surface area contributed by atoms with Crippen molar-refractivity contribution in [2.24, 2.45) is 0 Å². The first-order valence-corrected chi connectivity index (χ1v) is 9.70. The van der Waals surface area contributed by atoms with Gasteiger partial charge in [0.25, 0.3) is 11.8 Å². The summed E-state index contributed by atoms with van der Waals surface area (Å²) in [6.07, 6.45) is -4.65. The molecular weight excluding hydrogens is 472 g/mol. The zero-order valence-electron chi connectivity index (χ0n) is 17.0. The second-order valence-electron chi connectivity index (χ2n) is 6.43. The highest BCUT2D eigenvalue weighted by Gasteiger charge is 2.31. The molecule has 33 heavy (non-hydrogen) atoms. The molecule has 0 spiro atoms. The summed E-state index contributed by atoms with van der Waals surface area (Å²) in [6.45, 7) is 2.94. The third-order valence-corrected chi connectivity index (χ3v) is 4.04. The zero-order chi connectivity index (χ0) is 24.4. The van der Waals surface area contributed by atoms with Crippen LogP contribution in [0.2, 0.25) is 5.02 Å². The Morgan fingerprint density at radius 2 is 1.61 bits per heavy atom. The van der Waals surface area contributed by atoms with Gasteiger partial charge in [-0.25, -0.2) is 4.39 Å². The molecule has 0 unspecified atom stereocenters. The van der Waals surface area contributed by atoms with E-state index in [0.29, 0.717) is 0 Å². The zero-order valence-corrected chi connectivity index (χ0v) is 17.8. The second kappa shape index (κ2) is 12.0. The molecule has 2 aromatic carbocycles. The van der Waals surface area contributed by atoms with Gasteiger partial charge in [0.15, 0.2) is 13.2 Å². The summed E-state index contributed by atoms with van der Waals surface area (Å²) < 4.78 is 64.1. The van der Waals surface area contributed by atoms with Gasteiger partial charge in [0, 0.05) is 30.8 Å². The van der Waals surface area contributed by atoms with Crippen LogP contribution in [0.15, 0.2) is 54.7 Å². The number of hydrogen-bond acceptors (Lipinski definition) is 5. The molecule has 12 heteroatoms. The summed E-state index contributed by atoms with van der Waals surface area (Å²) in [5.74, 6) is -2.08. The lowest BCUT2D eigenvalue weighted by molar-refractivity contribution is -0.274. The molecule has 2 rings (SSSR count). The number of amides is 2. The van der Waals surface area contributed by atoms with Crippen LogP contribution < -0.4 is 24.8 Å². The van der Waals surface area contributed by atoms with Crippen molar-refractivity contribution in [1.82, 2.24) is 10.6 Å². The third-order valence-electron chi connectivity index (χ3n) is 3.74. The first-order valence-electron chi connectivity index (χ1n) is 9.32. The van der Waals surface area contributed by atoms with Crippen molar-refractivity contribution >= 4 is 23.4 Å². The fraction of sp³-hybridized carbons (Fsp3) is 0.238. The van der Waals surface area contributed by atoms with Crippen LogP contribution in [0.4, 0.5) is 17.6 Å². The number of ether oxygens (including phenoxy) is 3. The molecule has 0 bridgehead atoms. The number of rotatable bonds is 11. The van der Waals surface area contributed by atoms with Crippen molar-refractivity contribution < 1.29 is 41.4 Å². The molecule has 0 atom stereocenters. The van der Waals surface area contributed by atoms with Crippen LogP contribution in [0.5, 0.6) is 17.2 Å². The highest BCUT2D eigenvalue weighted by Crippen LogP contribution is 2.26. The molecule has 0 fully saturated rings. The summed E-state index contributed by atoms with van der Waals surface area (Å²) in [5.41, 5.74) is 0.277. The van der Waals surface area contributed by atoms with E-state index in [4.69, 9.17) is 21.1 Å². The van der Waals surface area contributed by atoms with Gasteiger partial charge in [-0.15, -0.1) is 13.2 Å². The van der Waals surface area contributed by atoms with Gasteiger partial charge >= 0.3 is 6.36 Å². The Morgan fingerprint density at radius 3 is 2.27 bits per heavy atom. The first kappa shape index (κ1) is 25.8. The quantitative estimate of drug-likeness (QED) is 0.466. The van der Waals surface area contributed by atoms with E-state index in [1.165, 1.54) is 24.3 Å². The Balaban J connectivity index is 1.64. The largest absolute Gasteiger partial charge is 0.573 e. The normalized spacial score (nSPS) is 10.8. The molecule has 2 amide bonds. The van der Waals surface area contributed by atoms with Crippen molar-refractivity contribution in [3.05, 3.63) is 65.6 Å². The van der Waals surface area contributed by atoms with Gasteiger partial charge in [0.2, 0.25) is 0 Å². The van der Waals surface area contributed by atoms with E-state index >= 15 is 0 Å². The summed E-state index contributed by atoms with van der Waals surface area (Å²) in [6, 6.07) is 8.49. The minimum atomic E-state index is -4.84. The van der Waals surface area contributed by atoms with E-state index in [1.807, 2.05) is 0 Å². The summed E-state index contributed by atoms with van der Waals surface area (Å²) in [5, 5.41) is 4.90. The minimum absolute atomic E-state index is 0.00495. The molecule has 178 valence electrons. The van der Waals surface area contributed by atoms with Gasteiger partial charge < -0.3 is 24.8 Å². The van der Waals surface area contributed by atoms with Gasteiger partial charge in [-0.05, 0) is 24.3 Å². The second-order valence-corrected chi connectivity index (χ2v) is 6.83. The number of hydrogen-bond donors (Lipinski definition) is 2. The van der Waals surface area contributed by atoms with E-state index in [2.05, 4.69) is 21.9 Å². The van der Waals surface area contributed by atoms with E-state index in [9.17, 15) is 27.2 Å². The van der Waals surface area contributed by atoms with Crippen molar-refractivity contribution in [3.8, 4) is 17.2 Å². The van der Waals surface area contributed by atoms with Crippen molar-refractivity contribution in [1.29, 1.82) is 0 Å². The van der Waals surface area contributed by atoms with Gasteiger partial charge in [-0.2, -0.15) is 0 Å². The fourth-order valence-corrected chi connectivity index (χ4v) is 2.44. The molecule has 0 aliphatic carbocycles. The number of carbonyl (C=O) groups is 2. The standard InChI is InChI=1S/C21H19ClF4N2O5/c1-13(7-8-27-19(29)11-31-15-5-6-17(22)18(23)10-15)28-20(30)12-32-14-3-2-4-16(9-14)33-21(24,25)26/h2-6,9-10H,1,7-8,11-12H2,(H,27,29)(H,28,30). The number of alkyl halides is 3. The molecule has 0 saturated carbocycles. The predicted octanol–water partition coefficient (Wildman–Crippen LogP) is 3.97. The highest BCUT2D eigenvalue weighted by molar-refractivity contribution is 6.30. The maximum absolute atomic E-state index is 13.3. The maximum atomic E-state index is 13.3. The molecule has 2 aromatic rings. The molecule has 2 N–H and O–H groups in total. The monoisotopic (exact) mass is 490 g/mol. The molecule has 0 radical (unpaired) electrons. The Hall–Kier alpha value is -3.47. The minimum Gasteiger partial charge on any atom is -0.484 e. The predicted molar refractivity (Wildman–Crippen MR) is 110 cm³/mol. The van der Waals surface area contributed by atoms with E-state index < -0.39 is 36.4 Å². The van der Waals surface area contributed by atoms with Crippen molar-refractivity contribution in [2.45, 2.75) is 12.8 Å². The number of halogens is 5. The van der Waals surface area contributed by atoms with Gasteiger partial charge in [0.05, 0.1) is 5.02 Å². The smallest absolute Gasteiger partial charge is 0.484 e. The van der Waals surface area contributed by atoms with E-state index in [-0.39, 0.29) is 41.8 Å². The number of nitrogens with one attached hydrogen (secondary N) is 2. The van der Waals surface area contributed by atoms with Crippen LogP contribution in [-0.4, -0.2) is 37.9 Å².